The zero-order chi connectivity index (χ0) is 24.8. The van der Waals surface area contributed by atoms with E-state index in [2.05, 4.69) is 16.7 Å². The molecule has 0 saturated carbocycles. The molecule has 1 aromatic rings. The molecule has 188 valence electrons. The first kappa shape index (κ1) is 24.3. The van der Waals surface area contributed by atoms with Crippen molar-refractivity contribution in [2.45, 2.75) is 82.7 Å². The van der Waals surface area contributed by atoms with Crippen LogP contribution >= 0.6 is 11.3 Å². The zero-order valence-electron chi connectivity index (χ0n) is 20.7. The van der Waals surface area contributed by atoms with Crippen LogP contribution in [-0.4, -0.2) is 52.5 Å². The number of ether oxygens (including phenoxy) is 1. The number of nitrogens with one attached hydrogen (secondary N) is 2. The van der Waals surface area contributed by atoms with Crippen LogP contribution in [0.25, 0.3) is 0 Å². The molecule has 4 aliphatic rings. The van der Waals surface area contributed by atoms with Gasteiger partial charge in [-0.3, -0.25) is 14.4 Å². The minimum Gasteiger partial charge on any atom is -0.359 e. The summed E-state index contributed by atoms with van der Waals surface area (Å²) in [6, 6.07) is 3.13. The average Bonchev–Trinajstić information content (AvgIpc) is 3.57. The van der Waals surface area contributed by atoms with Crippen LogP contribution in [-0.2, 0) is 25.7 Å². The summed E-state index contributed by atoms with van der Waals surface area (Å²) in [5.74, 6) is -1.91. The van der Waals surface area contributed by atoms with Gasteiger partial charge in [0.15, 0.2) is 0 Å². The number of amides is 3. The van der Waals surface area contributed by atoms with Crippen LogP contribution in [0.4, 0.5) is 0 Å². The Morgan fingerprint density at radius 1 is 1.26 bits per heavy atom. The standard InChI is InChI=1S/C27H35N3O4S/c1-26(2,3)29-24(32)22-27-13-11-19(34-27)20(23(31)28-16-18-10-7-15-35-18)21(27)25(33)30(22)14-12-17-8-5-4-6-9-17/h7-8,10-11,13,15,19-22H,4-6,9,12,14,16H2,1-3H3,(H,28,31)(H,29,32)/t19-,20-,21-,22+,27+/m1/s1. The maximum Gasteiger partial charge on any atom is 0.246 e. The normalized spacial score (nSPS) is 31.5. The number of carbonyl (C=O) groups is 3. The molecule has 1 spiro atoms. The summed E-state index contributed by atoms with van der Waals surface area (Å²) in [6.45, 7) is 6.66. The molecule has 2 saturated heterocycles. The van der Waals surface area contributed by atoms with E-state index in [4.69, 9.17) is 4.74 Å². The summed E-state index contributed by atoms with van der Waals surface area (Å²) >= 11 is 1.58. The summed E-state index contributed by atoms with van der Waals surface area (Å²) in [5.41, 5.74) is -0.215. The third kappa shape index (κ3) is 4.47. The molecule has 2 N–H and O–H groups in total. The monoisotopic (exact) mass is 497 g/mol. The SMILES string of the molecule is CC(C)(C)NC(=O)[C@@H]1N(CCC2=CCCCC2)C(=O)[C@H]2[C@H](C(=O)NCc3cccs3)[C@H]3C=C[C@@]12O3. The van der Waals surface area contributed by atoms with E-state index >= 15 is 0 Å². The third-order valence-electron chi connectivity index (χ3n) is 7.50. The van der Waals surface area contributed by atoms with Crippen molar-refractivity contribution >= 4 is 29.1 Å². The molecule has 1 aromatic heterocycles. The van der Waals surface area contributed by atoms with E-state index in [9.17, 15) is 14.4 Å². The molecule has 8 heteroatoms. The van der Waals surface area contributed by atoms with Gasteiger partial charge < -0.3 is 20.3 Å². The van der Waals surface area contributed by atoms with Crippen LogP contribution in [0.2, 0.25) is 0 Å². The fourth-order valence-corrected chi connectivity index (χ4v) is 6.69. The van der Waals surface area contributed by atoms with Crippen LogP contribution < -0.4 is 10.6 Å². The summed E-state index contributed by atoms with van der Waals surface area (Å²) in [7, 11) is 0. The lowest BCUT2D eigenvalue weighted by Gasteiger charge is -2.34. The van der Waals surface area contributed by atoms with Crippen molar-refractivity contribution in [3.63, 3.8) is 0 Å². The van der Waals surface area contributed by atoms with Gasteiger partial charge in [0, 0.05) is 17.0 Å². The van der Waals surface area contributed by atoms with E-state index in [0.29, 0.717) is 13.1 Å². The van der Waals surface area contributed by atoms with Gasteiger partial charge in [-0.15, -0.1) is 11.3 Å². The fourth-order valence-electron chi connectivity index (χ4n) is 6.05. The van der Waals surface area contributed by atoms with Crippen molar-refractivity contribution < 1.29 is 19.1 Å². The highest BCUT2D eigenvalue weighted by atomic mass is 32.1. The van der Waals surface area contributed by atoms with Crippen molar-refractivity contribution in [2.24, 2.45) is 11.8 Å². The second-order valence-electron chi connectivity index (χ2n) is 11.1. The van der Waals surface area contributed by atoms with E-state index < -0.39 is 35.1 Å². The molecule has 4 heterocycles. The Morgan fingerprint density at radius 2 is 2.09 bits per heavy atom. The van der Waals surface area contributed by atoms with Crippen LogP contribution in [0.5, 0.6) is 0 Å². The molecule has 2 bridgehead atoms. The lowest BCUT2D eigenvalue weighted by atomic mass is 9.74. The number of hydrogen-bond donors (Lipinski definition) is 2. The quantitative estimate of drug-likeness (QED) is 0.566. The van der Waals surface area contributed by atoms with Gasteiger partial charge in [-0.2, -0.15) is 0 Å². The van der Waals surface area contributed by atoms with E-state index in [1.807, 2.05) is 50.4 Å². The molecule has 35 heavy (non-hydrogen) atoms. The molecule has 0 radical (unpaired) electrons. The number of thiophene rings is 1. The fraction of sp³-hybridized carbons (Fsp3) is 0.593. The summed E-state index contributed by atoms with van der Waals surface area (Å²) in [6.07, 6.45) is 10.7. The molecule has 0 unspecified atom stereocenters. The first-order valence-corrected chi connectivity index (χ1v) is 13.6. The van der Waals surface area contributed by atoms with E-state index in [1.165, 1.54) is 18.4 Å². The number of carbonyl (C=O) groups excluding carboxylic acids is 3. The Balaban J connectivity index is 1.41. The highest BCUT2D eigenvalue weighted by molar-refractivity contribution is 7.09. The molecule has 2 fully saturated rings. The molecule has 3 amide bonds. The van der Waals surface area contributed by atoms with Crippen molar-refractivity contribution in [3.05, 3.63) is 46.2 Å². The summed E-state index contributed by atoms with van der Waals surface area (Å²) < 4.78 is 6.39. The first-order valence-electron chi connectivity index (χ1n) is 12.7. The molecule has 1 aliphatic carbocycles. The van der Waals surface area contributed by atoms with Crippen LogP contribution in [0.15, 0.2) is 41.3 Å². The van der Waals surface area contributed by atoms with Gasteiger partial charge in [0.1, 0.15) is 11.6 Å². The minimum absolute atomic E-state index is 0.154. The molecule has 7 nitrogen and oxygen atoms in total. The molecule has 5 rings (SSSR count). The van der Waals surface area contributed by atoms with Gasteiger partial charge in [-0.05, 0) is 64.3 Å². The Labute approximate surface area is 211 Å². The molecule has 3 aliphatic heterocycles. The van der Waals surface area contributed by atoms with Crippen LogP contribution in [0.3, 0.4) is 0 Å². The number of likely N-dealkylation sites (tertiary alicyclic amines) is 1. The van der Waals surface area contributed by atoms with Gasteiger partial charge >= 0.3 is 0 Å². The highest BCUT2D eigenvalue weighted by Crippen LogP contribution is 2.55. The summed E-state index contributed by atoms with van der Waals surface area (Å²) in [5, 5.41) is 8.04. The van der Waals surface area contributed by atoms with Crippen LogP contribution in [0, 0.1) is 11.8 Å². The first-order chi connectivity index (χ1) is 16.7. The predicted molar refractivity (Wildman–Crippen MR) is 134 cm³/mol. The van der Waals surface area contributed by atoms with E-state index in [0.717, 1.165) is 24.1 Å². The highest BCUT2D eigenvalue weighted by Gasteiger charge is 2.72. The lowest BCUT2D eigenvalue weighted by molar-refractivity contribution is -0.142. The van der Waals surface area contributed by atoms with Gasteiger partial charge in [0.05, 0.1) is 24.5 Å². The summed E-state index contributed by atoms with van der Waals surface area (Å²) in [4.78, 5) is 43.6. The number of nitrogens with zero attached hydrogens (tertiary/aromatic N) is 1. The average molecular weight is 498 g/mol. The number of rotatable bonds is 7. The number of allylic oxidation sites excluding steroid dienone is 1. The third-order valence-corrected chi connectivity index (χ3v) is 8.38. The Bertz CT molecular complexity index is 1060. The molecular formula is C27H35N3O4S. The zero-order valence-corrected chi connectivity index (χ0v) is 21.5. The Morgan fingerprint density at radius 3 is 2.77 bits per heavy atom. The maximum absolute atomic E-state index is 13.9. The van der Waals surface area contributed by atoms with Crippen molar-refractivity contribution in [1.29, 1.82) is 0 Å². The van der Waals surface area contributed by atoms with Gasteiger partial charge in [0.25, 0.3) is 0 Å². The molecule has 0 aromatic carbocycles. The van der Waals surface area contributed by atoms with E-state index in [1.54, 1.807) is 16.2 Å². The molecular weight excluding hydrogens is 462 g/mol. The minimum atomic E-state index is -1.11. The largest absolute Gasteiger partial charge is 0.359 e. The smallest absolute Gasteiger partial charge is 0.246 e. The number of fused-ring (bicyclic) bond motifs is 1. The van der Waals surface area contributed by atoms with Gasteiger partial charge in [0.2, 0.25) is 17.7 Å². The molecule has 5 atom stereocenters. The van der Waals surface area contributed by atoms with Gasteiger partial charge in [-0.25, -0.2) is 0 Å². The van der Waals surface area contributed by atoms with Crippen LogP contribution in [0.1, 0.15) is 57.8 Å². The Hall–Kier alpha value is -2.45. The van der Waals surface area contributed by atoms with Crippen molar-refractivity contribution in [3.8, 4) is 0 Å². The number of hydrogen-bond acceptors (Lipinski definition) is 5. The van der Waals surface area contributed by atoms with Crippen molar-refractivity contribution in [2.75, 3.05) is 6.54 Å². The topological polar surface area (TPSA) is 87.7 Å². The predicted octanol–water partition coefficient (Wildman–Crippen LogP) is 3.32. The lowest BCUT2D eigenvalue weighted by Crippen LogP contribution is -2.58. The van der Waals surface area contributed by atoms with Crippen molar-refractivity contribution in [1.82, 2.24) is 15.5 Å². The maximum atomic E-state index is 13.9. The second-order valence-corrected chi connectivity index (χ2v) is 12.2. The van der Waals surface area contributed by atoms with Gasteiger partial charge in [-0.1, -0.05) is 29.9 Å². The van der Waals surface area contributed by atoms with E-state index in [-0.39, 0.29) is 17.7 Å². The Kier molecular flexibility index (Phi) is 6.38. The second kappa shape index (κ2) is 9.21.